The average Bonchev–Trinajstić information content (AvgIpc) is 2.78. The van der Waals surface area contributed by atoms with Crippen LogP contribution in [-0.4, -0.2) is 63.1 Å². The minimum Gasteiger partial charge on any atom is -0.358 e. The van der Waals surface area contributed by atoms with Crippen LogP contribution in [0.25, 0.3) is 0 Å². The fraction of sp³-hybridized carbons (Fsp3) is 0.652. The highest BCUT2D eigenvalue weighted by molar-refractivity contribution is 5.80. The van der Waals surface area contributed by atoms with Crippen LogP contribution in [0.15, 0.2) is 35.3 Å². The van der Waals surface area contributed by atoms with E-state index in [0.29, 0.717) is 12.6 Å². The smallest absolute Gasteiger partial charge is 0.233 e. The number of nitrogens with one attached hydrogen (secondary N) is 3. The predicted molar refractivity (Wildman–Crippen MR) is 119 cm³/mol. The van der Waals surface area contributed by atoms with Gasteiger partial charge in [-0.1, -0.05) is 30.3 Å². The van der Waals surface area contributed by atoms with Crippen molar-refractivity contribution < 1.29 is 4.79 Å². The van der Waals surface area contributed by atoms with Crippen LogP contribution in [0.3, 0.4) is 0 Å². The summed E-state index contributed by atoms with van der Waals surface area (Å²) >= 11 is 0. The number of carbonyl (C=O) groups is 1. The van der Waals surface area contributed by atoms with Gasteiger partial charge in [-0.05, 0) is 55.9 Å². The molecule has 160 valence electrons. The third-order valence-corrected chi connectivity index (χ3v) is 6.47. The number of piperidine rings is 1. The Morgan fingerprint density at radius 1 is 1.07 bits per heavy atom. The first-order valence-electron chi connectivity index (χ1n) is 11.1. The number of hydrogen-bond donors (Lipinski definition) is 3. The average molecular weight is 400 g/mol. The zero-order chi connectivity index (χ0) is 20.5. The van der Waals surface area contributed by atoms with E-state index in [9.17, 15) is 4.79 Å². The summed E-state index contributed by atoms with van der Waals surface area (Å²) in [5, 5.41) is 9.83. The van der Waals surface area contributed by atoms with E-state index in [1.54, 1.807) is 7.05 Å². The predicted octanol–water partition coefficient (Wildman–Crippen LogP) is 2.34. The van der Waals surface area contributed by atoms with Crippen LogP contribution in [-0.2, 0) is 4.79 Å². The normalized spacial score (nSPS) is 24.1. The maximum Gasteiger partial charge on any atom is 0.233 e. The minimum atomic E-state index is 0.0934. The molecule has 6 heteroatoms. The second-order valence-electron chi connectivity index (χ2n) is 8.45. The van der Waals surface area contributed by atoms with Gasteiger partial charge >= 0.3 is 0 Å². The van der Waals surface area contributed by atoms with E-state index >= 15 is 0 Å². The van der Waals surface area contributed by atoms with Crippen molar-refractivity contribution in [3.8, 4) is 0 Å². The first kappa shape index (κ1) is 21.6. The summed E-state index contributed by atoms with van der Waals surface area (Å²) in [5.41, 5.74) is 1.50. The number of amides is 1. The number of hydrogen-bond acceptors (Lipinski definition) is 3. The second-order valence-corrected chi connectivity index (χ2v) is 8.45. The second kappa shape index (κ2) is 11.2. The van der Waals surface area contributed by atoms with E-state index in [0.717, 1.165) is 50.3 Å². The first-order chi connectivity index (χ1) is 14.2. The standard InChI is InChI=1S/C23H37N5O/c1-24-22(29)17-28-14-12-21(13-15-28)27-23(25-2)26-16-18-8-10-20(11-9-18)19-6-4-3-5-7-19/h3-7,18,20-21H,8-17H2,1-2H3,(H,24,29)(H2,25,26,27). The molecule has 3 N–H and O–H groups in total. The SMILES string of the molecule is CN=C(NCC1CCC(c2ccccc2)CC1)NC1CCN(CC(=O)NC)CC1. The Morgan fingerprint density at radius 2 is 1.76 bits per heavy atom. The number of rotatable bonds is 6. The summed E-state index contributed by atoms with van der Waals surface area (Å²) < 4.78 is 0. The molecule has 0 radical (unpaired) electrons. The molecule has 1 heterocycles. The summed E-state index contributed by atoms with van der Waals surface area (Å²) in [4.78, 5) is 18.2. The summed E-state index contributed by atoms with van der Waals surface area (Å²) in [5.74, 6) is 2.46. The van der Waals surface area contributed by atoms with Gasteiger partial charge in [0.15, 0.2) is 5.96 Å². The van der Waals surface area contributed by atoms with Gasteiger partial charge in [-0.2, -0.15) is 0 Å². The van der Waals surface area contributed by atoms with Crippen molar-refractivity contribution in [3.63, 3.8) is 0 Å². The lowest BCUT2D eigenvalue weighted by atomic mass is 9.79. The lowest BCUT2D eigenvalue weighted by Crippen LogP contribution is -2.50. The first-order valence-corrected chi connectivity index (χ1v) is 11.1. The van der Waals surface area contributed by atoms with Crippen LogP contribution in [0.2, 0.25) is 0 Å². The van der Waals surface area contributed by atoms with Gasteiger partial charge in [0, 0.05) is 39.8 Å². The van der Waals surface area contributed by atoms with E-state index in [4.69, 9.17) is 0 Å². The molecule has 3 rings (SSSR count). The Bertz CT molecular complexity index is 646. The molecule has 2 fully saturated rings. The molecule has 2 aliphatic rings. The van der Waals surface area contributed by atoms with E-state index in [2.05, 4.69) is 56.2 Å². The van der Waals surface area contributed by atoms with Crippen molar-refractivity contribution in [2.75, 3.05) is 40.3 Å². The molecule has 29 heavy (non-hydrogen) atoms. The molecule has 0 bridgehead atoms. The summed E-state index contributed by atoms with van der Waals surface area (Å²) in [6, 6.07) is 11.4. The Balaban J connectivity index is 1.35. The maximum absolute atomic E-state index is 11.5. The van der Waals surface area contributed by atoms with Gasteiger partial charge in [0.25, 0.3) is 0 Å². The number of benzene rings is 1. The van der Waals surface area contributed by atoms with Crippen LogP contribution < -0.4 is 16.0 Å². The Labute approximate surface area is 175 Å². The van der Waals surface area contributed by atoms with E-state index in [1.165, 1.54) is 31.2 Å². The van der Waals surface area contributed by atoms with Gasteiger partial charge in [-0.15, -0.1) is 0 Å². The van der Waals surface area contributed by atoms with Gasteiger partial charge in [0.05, 0.1) is 6.54 Å². The highest BCUT2D eigenvalue weighted by Gasteiger charge is 2.24. The molecule has 0 aromatic heterocycles. The van der Waals surface area contributed by atoms with Gasteiger partial charge in [-0.25, -0.2) is 0 Å². The van der Waals surface area contributed by atoms with Crippen LogP contribution in [0.4, 0.5) is 0 Å². The molecule has 1 aliphatic carbocycles. The number of aliphatic imine (C=N–C) groups is 1. The molecule has 1 saturated carbocycles. The molecule has 0 atom stereocenters. The van der Waals surface area contributed by atoms with Crippen molar-refractivity contribution in [1.82, 2.24) is 20.9 Å². The minimum absolute atomic E-state index is 0.0934. The summed E-state index contributed by atoms with van der Waals surface area (Å²) in [6.07, 6.45) is 7.21. The van der Waals surface area contributed by atoms with Crippen molar-refractivity contribution in [1.29, 1.82) is 0 Å². The van der Waals surface area contributed by atoms with Gasteiger partial charge in [0.2, 0.25) is 5.91 Å². The lowest BCUT2D eigenvalue weighted by molar-refractivity contribution is -0.122. The molecule has 1 saturated heterocycles. The molecule has 1 aliphatic heterocycles. The number of carbonyl (C=O) groups excluding carboxylic acids is 1. The monoisotopic (exact) mass is 399 g/mol. The van der Waals surface area contributed by atoms with Crippen molar-refractivity contribution in [2.24, 2.45) is 10.9 Å². The van der Waals surface area contributed by atoms with Crippen LogP contribution in [0.1, 0.15) is 50.0 Å². The van der Waals surface area contributed by atoms with E-state index in [-0.39, 0.29) is 5.91 Å². The fourth-order valence-corrected chi connectivity index (χ4v) is 4.57. The number of nitrogens with zero attached hydrogens (tertiary/aromatic N) is 2. The highest BCUT2D eigenvalue weighted by Crippen LogP contribution is 2.35. The van der Waals surface area contributed by atoms with Gasteiger partial charge in [0.1, 0.15) is 0 Å². The molecule has 0 unspecified atom stereocenters. The van der Waals surface area contributed by atoms with Gasteiger partial charge < -0.3 is 16.0 Å². The zero-order valence-electron chi connectivity index (χ0n) is 18.0. The molecule has 1 aromatic rings. The van der Waals surface area contributed by atoms with Crippen molar-refractivity contribution >= 4 is 11.9 Å². The quantitative estimate of drug-likeness (QED) is 0.507. The topological polar surface area (TPSA) is 68.8 Å². The molecule has 6 nitrogen and oxygen atoms in total. The van der Waals surface area contributed by atoms with Crippen molar-refractivity contribution in [3.05, 3.63) is 35.9 Å². The van der Waals surface area contributed by atoms with E-state index < -0.39 is 0 Å². The van der Waals surface area contributed by atoms with Gasteiger partial charge in [-0.3, -0.25) is 14.7 Å². The zero-order valence-corrected chi connectivity index (χ0v) is 18.0. The number of guanidine groups is 1. The number of likely N-dealkylation sites (N-methyl/N-ethyl adjacent to an activating group) is 1. The van der Waals surface area contributed by atoms with Crippen LogP contribution in [0, 0.1) is 5.92 Å². The number of likely N-dealkylation sites (tertiary alicyclic amines) is 1. The Kier molecular flexibility index (Phi) is 8.35. The molecule has 0 spiro atoms. The lowest BCUT2D eigenvalue weighted by Gasteiger charge is -2.33. The summed E-state index contributed by atoms with van der Waals surface area (Å²) in [6.45, 7) is 3.40. The molecule has 1 amide bonds. The van der Waals surface area contributed by atoms with Crippen molar-refractivity contribution in [2.45, 2.75) is 50.5 Å². The Hall–Kier alpha value is -2.08. The highest BCUT2D eigenvalue weighted by atomic mass is 16.1. The third-order valence-electron chi connectivity index (χ3n) is 6.47. The van der Waals surface area contributed by atoms with E-state index in [1.807, 2.05) is 7.05 Å². The third kappa shape index (κ3) is 6.74. The Morgan fingerprint density at radius 3 is 2.38 bits per heavy atom. The van der Waals surface area contributed by atoms with Crippen LogP contribution in [0.5, 0.6) is 0 Å². The molecular weight excluding hydrogens is 362 g/mol. The summed E-state index contributed by atoms with van der Waals surface area (Å²) in [7, 11) is 3.54. The fourth-order valence-electron chi connectivity index (χ4n) is 4.57. The maximum atomic E-state index is 11.5. The molecule has 1 aromatic carbocycles. The largest absolute Gasteiger partial charge is 0.358 e. The van der Waals surface area contributed by atoms with Crippen LogP contribution >= 0.6 is 0 Å². The molecular formula is C23H37N5O.